The van der Waals surface area contributed by atoms with Gasteiger partial charge in [0, 0.05) is 24.3 Å². The van der Waals surface area contributed by atoms with Gasteiger partial charge in [0.15, 0.2) is 0 Å². The van der Waals surface area contributed by atoms with E-state index in [0.717, 1.165) is 4.90 Å². The molecule has 1 amide bonds. The average molecular weight is 313 g/mol. The Labute approximate surface area is 105 Å². The van der Waals surface area contributed by atoms with Gasteiger partial charge in [0.1, 0.15) is 12.2 Å². The van der Waals surface area contributed by atoms with Gasteiger partial charge in [-0.1, -0.05) is 0 Å². The van der Waals surface area contributed by atoms with Crippen molar-refractivity contribution in [2.75, 3.05) is 13.1 Å². The Morgan fingerprint density at radius 2 is 2.12 bits per heavy atom. The number of aromatic nitrogens is 1. The molecule has 0 fully saturated rings. The number of amides is 1. The molecule has 96 valence electrons. The van der Waals surface area contributed by atoms with Gasteiger partial charge in [-0.25, -0.2) is 0 Å². The standard InChI is InChI=1S/C10H12BrF3N2O/c1-3-16(6-10(12,13)14)9(17)8-4-7(11)5-15(8)2/h4-5H,3,6H2,1-2H3. The minimum absolute atomic E-state index is 0.0150. The predicted octanol–water partition coefficient (Wildman–Crippen LogP) is 2.81. The van der Waals surface area contributed by atoms with Crippen LogP contribution in [-0.4, -0.2) is 34.6 Å². The van der Waals surface area contributed by atoms with E-state index in [4.69, 9.17) is 0 Å². The van der Waals surface area contributed by atoms with Crippen LogP contribution in [0.3, 0.4) is 0 Å². The molecule has 0 spiro atoms. The van der Waals surface area contributed by atoms with Gasteiger partial charge >= 0.3 is 6.18 Å². The van der Waals surface area contributed by atoms with Crippen molar-refractivity contribution >= 4 is 21.8 Å². The minimum Gasteiger partial charge on any atom is -0.345 e. The van der Waals surface area contributed by atoms with Crippen molar-refractivity contribution in [1.82, 2.24) is 9.47 Å². The molecule has 0 aliphatic carbocycles. The lowest BCUT2D eigenvalue weighted by atomic mass is 10.3. The Morgan fingerprint density at radius 1 is 1.53 bits per heavy atom. The second kappa shape index (κ2) is 5.12. The van der Waals surface area contributed by atoms with Crippen LogP contribution in [0.25, 0.3) is 0 Å². The number of halogens is 4. The third kappa shape index (κ3) is 3.76. The molecule has 1 rings (SSSR count). The van der Waals surface area contributed by atoms with E-state index < -0.39 is 18.6 Å². The van der Waals surface area contributed by atoms with Gasteiger partial charge in [0.2, 0.25) is 0 Å². The topological polar surface area (TPSA) is 25.2 Å². The largest absolute Gasteiger partial charge is 0.406 e. The zero-order valence-corrected chi connectivity index (χ0v) is 11.0. The quantitative estimate of drug-likeness (QED) is 0.842. The first-order valence-electron chi connectivity index (χ1n) is 4.92. The molecule has 0 radical (unpaired) electrons. The van der Waals surface area contributed by atoms with Gasteiger partial charge in [0.05, 0.1) is 0 Å². The van der Waals surface area contributed by atoms with Crippen LogP contribution in [0.4, 0.5) is 13.2 Å². The van der Waals surface area contributed by atoms with E-state index >= 15 is 0 Å². The fourth-order valence-electron chi connectivity index (χ4n) is 1.44. The number of nitrogens with zero attached hydrogens (tertiary/aromatic N) is 2. The highest BCUT2D eigenvalue weighted by Crippen LogP contribution is 2.20. The number of aryl methyl sites for hydroxylation is 1. The van der Waals surface area contributed by atoms with Crippen LogP contribution < -0.4 is 0 Å². The normalized spacial score (nSPS) is 11.6. The fraction of sp³-hybridized carbons (Fsp3) is 0.500. The first-order chi connectivity index (χ1) is 7.74. The summed E-state index contributed by atoms with van der Waals surface area (Å²) in [6, 6.07) is 1.50. The summed E-state index contributed by atoms with van der Waals surface area (Å²) in [6.07, 6.45) is -2.76. The van der Waals surface area contributed by atoms with Crippen molar-refractivity contribution in [1.29, 1.82) is 0 Å². The number of hydrogen-bond donors (Lipinski definition) is 0. The van der Waals surface area contributed by atoms with E-state index in [1.54, 1.807) is 13.2 Å². The van der Waals surface area contributed by atoms with Crippen LogP contribution in [0.2, 0.25) is 0 Å². The van der Waals surface area contributed by atoms with Crippen LogP contribution >= 0.6 is 15.9 Å². The van der Waals surface area contributed by atoms with Gasteiger partial charge in [-0.3, -0.25) is 4.79 Å². The number of alkyl halides is 3. The lowest BCUT2D eigenvalue weighted by molar-refractivity contribution is -0.140. The molecule has 0 saturated carbocycles. The zero-order valence-electron chi connectivity index (χ0n) is 9.38. The van der Waals surface area contributed by atoms with Crippen LogP contribution in [0.5, 0.6) is 0 Å². The molecule has 3 nitrogen and oxygen atoms in total. The number of carbonyl (C=O) groups excluding carboxylic acids is 1. The van der Waals surface area contributed by atoms with E-state index in [1.165, 1.54) is 17.6 Å². The Balaban J connectivity index is 2.90. The molecule has 0 unspecified atom stereocenters. The van der Waals surface area contributed by atoms with E-state index in [1.807, 2.05) is 0 Å². The fourth-order valence-corrected chi connectivity index (χ4v) is 1.97. The van der Waals surface area contributed by atoms with Crippen molar-refractivity contribution in [3.63, 3.8) is 0 Å². The Bertz CT molecular complexity index is 414. The summed E-state index contributed by atoms with van der Waals surface area (Å²) in [7, 11) is 1.61. The Hall–Kier alpha value is -0.980. The summed E-state index contributed by atoms with van der Waals surface area (Å²) >= 11 is 3.17. The van der Waals surface area contributed by atoms with E-state index in [0.29, 0.717) is 4.47 Å². The third-order valence-electron chi connectivity index (χ3n) is 2.23. The van der Waals surface area contributed by atoms with Gasteiger partial charge < -0.3 is 9.47 Å². The van der Waals surface area contributed by atoms with Crippen LogP contribution in [0.1, 0.15) is 17.4 Å². The Kier molecular flexibility index (Phi) is 4.24. The number of rotatable bonds is 3. The highest BCUT2D eigenvalue weighted by atomic mass is 79.9. The maximum atomic E-state index is 12.3. The molecular formula is C10H12BrF3N2O. The summed E-state index contributed by atoms with van der Waals surface area (Å²) in [5.74, 6) is -0.627. The van der Waals surface area contributed by atoms with Crippen molar-refractivity contribution in [3.05, 3.63) is 22.4 Å². The lowest BCUT2D eigenvalue weighted by Crippen LogP contribution is -2.39. The first kappa shape index (κ1) is 14.1. The smallest absolute Gasteiger partial charge is 0.345 e. The second-order valence-electron chi connectivity index (χ2n) is 3.59. The molecule has 1 aromatic rings. The minimum atomic E-state index is -4.38. The molecule has 1 heterocycles. The summed E-state index contributed by atoms with van der Waals surface area (Å²) in [5.41, 5.74) is 0.225. The van der Waals surface area contributed by atoms with Crippen LogP contribution in [0, 0.1) is 0 Å². The van der Waals surface area contributed by atoms with Gasteiger partial charge in [-0.15, -0.1) is 0 Å². The highest BCUT2D eigenvalue weighted by molar-refractivity contribution is 9.10. The molecule has 0 aliphatic heterocycles. The van der Waals surface area contributed by atoms with Crippen molar-refractivity contribution in [3.8, 4) is 0 Å². The van der Waals surface area contributed by atoms with Gasteiger partial charge in [0.25, 0.3) is 5.91 Å². The molecule has 0 aromatic carbocycles. The lowest BCUT2D eigenvalue weighted by Gasteiger charge is -2.22. The summed E-state index contributed by atoms with van der Waals surface area (Å²) in [5, 5.41) is 0. The van der Waals surface area contributed by atoms with E-state index in [2.05, 4.69) is 15.9 Å². The highest BCUT2D eigenvalue weighted by Gasteiger charge is 2.33. The predicted molar refractivity (Wildman–Crippen MR) is 60.7 cm³/mol. The van der Waals surface area contributed by atoms with Crippen LogP contribution in [-0.2, 0) is 7.05 Å². The molecule has 0 N–H and O–H groups in total. The SMILES string of the molecule is CCN(CC(F)(F)F)C(=O)c1cc(Br)cn1C. The summed E-state index contributed by atoms with van der Waals surface area (Å²) < 4.78 is 38.9. The summed E-state index contributed by atoms with van der Waals surface area (Å²) in [4.78, 5) is 12.6. The van der Waals surface area contributed by atoms with Crippen molar-refractivity contribution in [2.24, 2.45) is 7.05 Å². The Morgan fingerprint density at radius 3 is 2.47 bits per heavy atom. The molecule has 7 heteroatoms. The number of hydrogen-bond acceptors (Lipinski definition) is 1. The van der Waals surface area contributed by atoms with Gasteiger partial charge in [-0.05, 0) is 28.9 Å². The maximum absolute atomic E-state index is 12.3. The number of carbonyl (C=O) groups is 1. The first-order valence-corrected chi connectivity index (χ1v) is 5.71. The molecule has 0 bridgehead atoms. The molecule has 1 aromatic heterocycles. The molecule has 17 heavy (non-hydrogen) atoms. The molecule has 0 atom stereocenters. The molecule has 0 aliphatic rings. The maximum Gasteiger partial charge on any atom is 0.406 e. The average Bonchev–Trinajstić information content (AvgIpc) is 2.52. The second-order valence-corrected chi connectivity index (χ2v) is 4.50. The third-order valence-corrected chi connectivity index (χ3v) is 2.66. The summed E-state index contributed by atoms with van der Waals surface area (Å²) in [6.45, 7) is 0.300. The zero-order chi connectivity index (χ0) is 13.2. The molecule has 0 saturated heterocycles. The van der Waals surface area contributed by atoms with Crippen molar-refractivity contribution in [2.45, 2.75) is 13.1 Å². The monoisotopic (exact) mass is 312 g/mol. The van der Waals surface area contributed by atoms with Gasteiger partial charge in [-0.2, -0.15) is 13.2 Å². The van der Waals surface area contributed by atoms with E-state index in [-0.39, 0.29) is 12.2 Å². The van der Waals surface area contributed by atoms with Crippen LogP contribution in [0.15, 0.2) is 16.7 Å². The van der Waals surface area contributed by atoms with E-state index in [9.17, 15) is 18.0 Å². The van der Waals surface area contributed by atoms with Crippen molar-refractivity contribution < 1.29 is 18.0 Å². The molecular weight excluding hydrogens is 301 g/mol.